The van der Waals surface area contributed by atoms with E-state index in [-0.39, 0.29) is 5.79 Å². The average molecular weight is 322 g/mol. The largest absolute Gasteiger partial charge is 0.384 e. The molecule has 0 N–H and O–H groups in total. The lowest BCUT2D eigenvalue weighted by Crippen LogP contribution is -2.54. The van der Waals surface area contributed by atoms with Gasteiger partial charge in [0.05, 0.1) is 19.8 Å². The lowest BCUT2D eigenvalue weighted by atomic mass is 9.47. The van der Waals surface area contributed by atoms with E-state index in [1.807, 2.05) is 7.11 Å². The predicted molar refractivity (Wildman–Crippen MR) is 90.1 cm³/mol. The van der Waals surface area contributed by atoms with Crippen molar-refractivity contribution >= 4 is 0 Å². The molecule has 3 heteroatoms. The normalized spacial score (nSPS) is 48.9. The SMILES string of the molecule is COC[C@@]1(C)CC[C@H]2[C@@H](CC[C@@H]3CC4(CC[C@@]32C)OCCO4)C1. The van der Waals surface area contributed by atoms with Gasteiger partial charge in [0.1, 0.15) is 0 Å². The summed E-state index contributed by atoms with van der Waals surface area (Å²) in [6.45, 7) is 7.56. The summed E-state index contributed by atoms with van der Waals surface area (Å²) in [4.78, 5) is 0. The zero-order valence-corrected chi connectivity index (χ0v) is 15.2. The number of ether oxygens (including phenoxy) is 3. The maximum absolute atomic E-state index is 6.04. The quantitative estimate of drug-likeness (QED) is 0.754. The third-order valence-corrected chi connectivity index (χ3v) is 7.96. The molecule has 3 nitrogen and oxygen atoms in total. The Balaban J connectivity index is 1.50. The summed E-state index contributed by atoms with van der Waals surface area (Å²) in [5.41, 5.74) is 0.921. The highest BCUT2D eigenvalue weighted by Gasteiger charge is 2.57. The van der Waals surface area contributed by atoms with E-state index < -0.39 is 0 Å². The van der Waals surface area contributed by atoms with Crippen LogP contribution >= 0.6 is 0 Å². The van der Waals surface area contributed by atoms with E-state index in [2.05, 4.69) is 13.8 Å². The molecule has 1 heterocycles. The molecule has 3 saturated carbocycles. The fraction of sp³-hybridized carbons (Fsp3) is 1.00. The Labute approximate surface area is 141 Å². The molecule has 4 fully saturated rings. The van der Waals surface area contributed by atoms with Crippen LogP contribution in [0.5, 0.6) is 0 Å². The number of hydrogen-bond donors (Lipinski definition) is 0. The zero-order valence-electron chi connectivity index (χ0n) is 15.2. The molecule has 0 aromatic carbocycles. The van der Waals surface area contributed by atoms with Crippen LogP contribution < -0.4 is 0 Å². The smallest absolute Gasteiger partial charge is 0.168 e. The van der Waals surface area contributed by atoms with Crippen LogP contribution in [0.4, 0.5) is 0 Å². The van der Waals surface area contributed by atoms with Gasteiger partial charge >= 0.3 is 0 Å². The molecule has 0 radical (unpaired) electrons. The molecule has 1 saturated heterocycles. The molecule has 1 spiro atoms. The van der Waals surface area contributed by atoms with Crippen LogP contribution in [-0.4, -0.2) is 32.7 Å². The second kappa shape index (κ2) is 5.71. The van der Waals surface area contributed by atoms with Crippen LogP contribution in [0.3, 0.4) is 0 Å². The van der Waals surface area contributed by atoms with Gasteiger partial charge in [-0.05, 0) is 67.1 Å². The molecule has 0 bridgehead atoms. The van der Waals surface area contributed by atoms with Crippen molar-refractivity contribution in [1.82, 2.24) is 0 Å². The van der Waals surface area contributed by atoms with Gasteiger partial charge in [-0.3, -0.25) is 0 Å². The van der Waals surface area contributed by atoms with Crippen molar-refractivity contribution in [3.8, 4) is 0 Å². The van der Waals surface area contributed by atoms with Gasteiger partial charge in [-0.2, -0.15) is 0 Å². The Morgan fingerprint density at radius 1 is 0.957 bits per heavy atom. The van der Waals surface area contributed by atoms with Gasteiger partial charge in [0.2, 0.25) is 0 Å². The molecule has 0 aromatic heterocycles. The Kier molecular flexibility index (Phi) is 4.06. The Morgan fingerprint density at radius 3 is 2.48 bits per heavy atom. The highest BCUT2D eigenvalue weighted by Crippen LogP contribution is 2.63. The Bertz CT molecular complexity index is 444. The minimum absolute atomic E-state index is 0.212. The molecular weight excluding hydrogens is 288 g/mol. The third kappa shape index (κ3) is 2.67. The van der Waals surface area contributed by atoms with Gasteiger partial charge in [0.15, 0.2) is 5.79 Å². The summed E-state index contributed by atoms with van der Waals surface area (Å²) < 4.78 is 17.6. The molecule has 3 aliphatic carbocycles. The maximum atomic E-state index is 6.04. The summed E-state index contributed by atoms with van der Waals surface area (Å²) in [6.07, 6.45) is 10.4. The summed E-state index contributed by atoms with van der Waals surface area (Å²) in [6, 6.07) is 0. The van der Waals surface area contributed by atoms with Crippen molar-refractivity contribution in [3.63, 3.8) is 0 Å². The molecule has 5 atom stereocenters. The standard InChI is InChI=1S/C20H34O3/c1-18(14-21-3)7-6-17-15(12-18)4-5-16-13-20(22-10-11-23-20)9-8-19(16,17)2/h15-17H,4-14H2,1-3H3/t15-,16+,17-,18-,19-/m0/s1. The van der Waals surface area contributed by atoms with Crippen molar-refractivity contribution in [2.45, 2.75) is 71.0 Å². The predicted octanol–water partition coefficient (Wildman–Crippen LogP) is 4.40. The van der Waals surface area contributed by atoms with Crippen LogP contribution in [0.15, 0.2) is 0 Å². The second-order valence-corrected chi connectivity index (χ2v) is 9.44. The van der Waals surface area contributed by atoms with E-state index in [0.717, 1.165) is 50.4 Å². The minimum Gasteiger partial charge on any atom is -0.384 e. The van der Waals surface area contributed by atoms with Crippen LogP contribution in [0.25, 0.3) is 0 Å². The monoisotopic (exact) mass is 322 g/mol. The summed E-state index contributed by atoms with van der Waals surface area (Å²) in [5.74, 6) is 2.40. The molecule has 23 heavy (non-hydrogen) atoms. The fourth-order valence-corrected chi connectivity index (χ4v) is 6.74. The summed E-state index contributed by atoms with van der Waals surface area (Å²) in [7, 11) is 1.86. The first kappa shape index (κ1) is 16.4. The van der Waals surface area contributed by atoms with Crippen LogP contribution in [0, 0.1) is 28.6 Å². The van der Waals surface area contributed by atoms with Gasteiger partial charge in [0, 0.05) is 20.0 Å². The van der Waals surface area contributed by atoms with Crippen molar-refractivity contribution in [1.29, 1.82) is 0 Å². The lowest BCUT2D eigenvalue weighted by molar-refractivity contribution is -0.226. The first-order chi connectivity index (χ1) is 11.0. The van der Waals surface area contributed by atoms with Gasteiger partial charge in [-0.1, -0.05) is 13.8 Å². The molecule has 0 amide bonds. The summed E-state index contributed by atoms with van der Waals surface area (Å²) >= 11 is 0. The average Bonchev–Trinajstić information content (AvgIpc) is 2.96. The van der Waals surface area contributed by atoms with Crippen molar-refractivity contribution < 1.29 is 14.2 Å². The molecule has 4 rings (SSSR count). The van der Waals surface area contributed by atoms with Gasteiger partial charge in [-0.25, -0.2) is 0 Å². The minimum atomic E-state index is -0.212. The Hall–Kier alpha value is -0.120. The van der Waals surface area contributed by atoms with Crippen LogP contribution in [0.1, 0.15) is 65.2 Å². The molecule has 0 aromatic rings. The number of methoxy groups -OCH3 is 1. The number of rotatable bonds is 2. The first-order valence-electron chi connectivity index (χ1n) is 9.76. The Morgan fingerprint density at radius 2 is 1.74 bits per heavy atom. The highest BCUT2D eigenvalue weighted by molar-refractivity contribution is 5.05. The molecule has 132 valence electrons. The van der Waals surface area contributed by atoms with E-state index in [9.17, 15) is 0 Å². The topological polar surface area (TPSA) is 27.7 Å². The summed E-state index contributed by atoms with van der Waals surface area (Å²) in [5, 5.41) is 0. The van der Waals surface area contributed by atoms with Gasteiger partial charge in [-0.15, -0.1) is 0 Å². The van der Waals surface area contributed by atoms with Crippen molar-refractivity contribution in [2.24, 2.45) is 28.6 Å². The van der Waals surface area contributed by atoms with E-state index in [0.29, 0.717) is 10.8 Å². The van der Waals surface area contributed by atoms with Gasteiger partial charge in [0.25, 0.3) is 0 Å². The van der Waals surface area contributed by atoms with Crippen molar-refractivity contribution in [3.05, 3.63) is 0 Å². The van der Waals surface area contributed by atoms with E-state index in [4.69, 9.17) is 14.2 Å². The zero-order chi connectivity index (χ0) is 16.1. The molecular formula is C20H34O3. The van der Waals surface area contributed by atoms with Crippen LogP contribution in [0.2, 0.25) is 0 Å². The fourth-order valence-electron chi connectivity index (χ4n) is 6.74. The second-order valence-electron chi connectivity index (χ2n) is 9.44. The number of fused-ring (bicyclic) bond motifs is 3. The van der Waals surface area contributed by atoms with E-state index >= 15 is 0 Å². The van der Waals surface area contributed by atoms with Crippen molar-refractivity contribution in [2.75, 3.05) is 26.9 Å². The molecule has 1 aliphatic heterocycles. The molecule has 4 aliphatic rings. The van der Waals surface area contributed by atoms with Gasteiger partial charge < -0.3 is 14.2 Å². The highest BCUT2D eigenvalue weighted by atomic mass is 16.7. The number of hydrogen-bond acceptors (Lipinski definition) is 3. The first-order valence-corrected chi connectivity index (χ1v) is 9.76. The third-order valence-electron chi connectivity index (χ3n) is 7.96. The molecule has 0 unspecified atom stereocenters. The van der Waals surface area contributed by atoms with E-state index in [1.165, 1.54) is 38.5 Å². The van der Waals surface area contributed by atoms with Crippen LogP contribution in [-0.2, 0) is 14.2 Å². The lowest BCUT2D eigenvalue weighted by Gasteiger charge is -2.59. The van der Waals surface area contributed by atoms with E-state index in [1.54, 1.807) is 0 Å². The maximum Gasteiger partial charge on any atom is 0.168 e.